The molecule has 0 aliphatic carbocycles. The minimum absolute atomic E-state index is 0.0486. The Kier molecular flexibility index (Phi) is 4.24. The number of carbonyl (C=O) groups excluding carboxylic acids is 1. The largest absolute Gasteiger partial charge is 0.375 e. The van der Waals surface area contributed by atoms with E-state index in [0.29, 0.717) is 0 Å². The highest BCUT2D eigenvalue weighted by Crippen LogP contribution is 2.12. The van der Waals surface area contributed by atoms with Gasteiger partial charge in [0, 0.05) is 19.2 Å². The average Bonchev–Trinajstić information content (AvgIpc) is 1.85. The molecule has 0 rings (SSSR count). The Bertz CT molecular complexity index is 149. The van der Waals surface area contributed by atoms with Gasteiger partial charge in [0.15, 0.2) is 0 Å². The molecule has 72 valence electrons. The predicted octanol–water partition coefficient (Wildman–Crippen LogP) is 1.28. The predicted molar refractivity (Wildman–Crippen MR) is 49.0 cm³/mol. The fourth-order valence-electron chi connectivity index (χ4n) is 1.23. The highest BCUT2D eigenvalue weighted by atomic mass is 16.5. The van der Waals surface area contributed by atoms with Gasteiger partial charge in [0.05, 0.1) is 0 Å². The molecule has 0 aliphatic rings. The Morgan fingerprint density at radius 1 is 1.42 bits per heavy atom. The van der Waals surface area contributed by atoms with Gasteiger partial charge in [-0.25, -0.2) is 0 Å². The third kappa shape index (κ3) is 3.22. The van der Waals surface area contributed by atoms with E-state index < -0.39 is 0 Å². The molecule has 0 saturated heterocycles. The molecule has 0 radical (unpaired) electrons. The van der Waals surface area contributed by atoms with Gasteiger partial charge in [-0.05, 0) is 27.7 Å². The monoisotopic (exact) mass is 173 g/mol. The van der Waals surface area contributed by atoms with Gasteiger partial charge >= 0.3 is 0 Å². The van der Waals surface area contributed by atoms with Gasteiger partial charge in [-0.3, -0.25) is 4.79 Å². The van der Waals surface area contributed by atoms with Gasteiger partial charge in [-0.2, -0.15) is 0 Å². The summed E-state index contributed by atoms with van der Waals surface area (Å²) in [6.45, 7) is 8.92. The van der Waals surface area contributed by atoms with Crippen molar-refractivity contribution in [2.24, 2.45) is 0 Å². The molecule has 0 fully saturated rings. The third-order valence-corrected chi connectivity index (χ3v) is 1.69. The van der Waals surface area contributed by atoms with Gasteiger partial charge in [0.1, 0.15) is 6.61 Å². The number of rotatable bonds is 3. The molecule has 0 unspecified atom stereocenters. The van der Waals surface area contributed by atoms with Crippen LogP contribution in [0.3, 0.4) is 0 Å². The van der Waals surface area contributed by atoms with Crippen LogP contribution in [0.2, 0.25) is 0 Å². The molecule has 0 spiro atoms. The number of ether oxygens (including phenoxy) is 1. The molecule has 1 amide bonds. The summed E-state index contributed by atoms with van der Waals surface area (Å²) in [5, 5.41) is 0. The van der Waals surface area contributed by atoms with E-state index in [1.54, 1.807) is 4.90 Å². The van der Waals surface area contributed by atoms with Crippen molar-refractivity contribution in [2.75, 3.05) is 20.3 Å². The summed E-state index contributed by atoms with van der Waals surface area (Å²) in [4.78, 5) is 13.2. The van der Waals surface area contributed by atoms with Crippen LogP contribution in [0, 0.1) is 0 Å². The van der Waals surface area contributed by atoms with Crippen LogP contribution in [-0.4, -0.2) is 36.6 Å². The van der Waals surface area contributed by atoms with E-state index in [-0.39, 0.29) is 18.1 Å². The van der Waals surface area contributed by atoms with Crippen molar-refractivity contribution in [3.63, 3.8) is 0 Å². The Labute approximate surface area is 74.7 Å². The van der Waals surface area contributed by atoms with Crippen molar-refractivity contribution >= 4 is 5.91 Å². The minimum atomic E-state index is -0.107. The molecule has 0 aromatic carbocycles. The number of hydrogen-bond acceptors (Lipinski definition) is 2. The number of likely N-dealkylation sites (N-methyl/N-ethyl adjacent to an activating group) is 1. The number of methoxy groups -OCH3 is 1. The smallest absolute Gasteiger partial charge is 0.248 e. The standard InChI is InChI=1S/C9H19NO2/c1-6-10(9(2,3)4)8(11)7-12-5/h6-7H2,1-5H3. The molecule has 3 heteroatoms. The third-order valence-electron chi connectivity index (χ3n) is 1.69. The topological polar surface area (TPSA) is 29.5 Å². The SMILES string of the molecule is CCN(C(=O)COC)C(C)(C)C. The van der Waals surface area contributed by atoms with Gasteiger partial charge in [-0.15, -0.1) is 0 Å². The molecule has 0 aromatic rings. The zero-order chi connectivity index (χ0) is 9.78. The number of amides is 1. The second-order valence-electron chi connectivity index (χ2n) is 3.74. The van der Waals surface area contributed by atoms with Gasteiger partial charge < -0.3 is 9.64 Å². The quantitative estimate of drug-likeness (QED) is 0.643. The Morgan fingerprint density at radius 2 is 1.92 bits per heavy atom. The van der Waals surface area contributed by atoms with Gasteiger partial charge in [-0.1, -0.05) is 0 Å². The van der Waals surface area contributed by atoms with E-state index in [0.717, 1.165) is 6.54 Å². The zero-order valence-electron chi connectivity index (χ0n) is 8.68. The summed E-state index contributed by atoms with van der Waals surface area (Å²) < 4.78 is 4.79. The first-order valence-corrected chi connectivity index (χ1v) is 4.23. The Balaban J connectivity index is 4.25. The van der Waals surface area contributed by atoms with Crippen molar-refractivity contribution in [3.8, 4) is 0 Å². The molecule has 0 atom stereocenters. The minimum Gasteiger partial charge on any atom is -0.375 e. The summed E-state index contributed by atoms with van der Waals surface area (Å²) >= 11 is 0. The van der Waals surface area contributed by atoms with Crippen LogP contribution in [0.5, 0.6) is 0 Å². The lowest BCUT2D eigenvalue weighted by atomic mass is 10.1. The number of nitrogens with zero attached hydrogens (tertiary/aromatic N) is 1. The first kappa shape index (κ1) is 11.4. The van der Waals surface area contributed by atoms with E-state index >= 15 is 0 Å². The molecule has 0 N–H and O–H groups in total. The van der Waals surface area contributed by atoms with Crippen LogP contribution in [0.15, 0.2) is 0 Å². The number of hydrogen-bond donors (Lipinski definition) is 0. The second-order valence-corrected chi connectivity index (χ2v) is 3.74. The molecule has 0 saturated carbocycles. The van der Waals surface area contributed by atoms with Crippen molar-refractivity contribution in [1.82, 2.24) is 4.90 Å². The lowest BCUT2D eigenvalue weighted by Gasteiger charge is -2.34. The van der Waals surface area contributed by atoms with E-state index in [9.17, 15) is 4.79 Å². The van der Waals surface area contributed by atoms with Crippen LogP contribution in [0.4, 0.5) is 0 Å². The van der Waals surface area contributed by atoms with Crippen LogP contribution in [0.1, 0.15) is 27.7 Å². The highest BCUT2D eigenvalue weighted by molar-refractivity contribution is 5.78. The van der Waals surface area contributed by atoms with Crippen molar-refractivity contribution in [3.05, 3.63) is 0 Å². The zero-order valence-corrected chi connectivity index (χ0v) is 8.68. The molecule has 0 aliphatic heterocycles. The summed E-state index contributed by atoms with van der Waals surface area (Å²) in [6.07, 6.45) is 0. The number of carbonyl (C=O) groups is 1. The average molecular weight is 173 g/mol. The van der Waals surface area contributed by atoms with Gasteiger partial charge in [0.25, 0.3) is 0 Å². The first-order valence-electron chi connectivity index (χ1n) is 4.23. The van der Waals surface area contributed by atoms with Crippen LogP contribution in [-0.2, 0) is 9.53 Å². The van der Waals surface area contributed by atoms with Crippen molar-refractivity contribution < 1.29 is 9.53 Å². The molecule has 3 nitrogen and oxygen atoms in total. The normalized spacial score (nSPS) is 11.4. The van der Waals surface area contributed by atoms with Crippen LogP contribution >= 0.6 is 0 Å². The maximum Gasteiger partial charge on any atom is 0.248 e. The maximum atomic E-state index is 11.4. The van der Waals surface area contributed by atoms with Crippen molar-refractivity contribution in [2.45, 2.75) is 33.2 Å². The fourth-order valence-corrected chi connectivity index (χ4v) is 1.23. The molecule has 12 heavy (non-hydrogen) atoms. The van der Waals surface area contributed by atoms with E-state index in [4.69, 9.17) is 4.74 Å². The Morgan fingerprint density at radius 3 is 2.17 bits per heavy atom. The molecular formula is C9H19NO2. The summed E-state index contributed by atoms with van der Waals surface area (Å²) in [7, 11) is 1.54. The van der Waals surface area contributed by atoms with E-state index in [2.05, 4.69) is 0 Å². The summed E-state index contributed by atoms with van der Waals surface area (Å²) in [5.41, 5.74) is -0.107. The first-order chi connectivity index (χ1) is 5.43. The molecule has 0 heterocycles. The Hall–Kier alpha value is -0.570. The summed E-state index contributed by atoms with van der Waals surface area (Å²) in [6, 6.07) is 0. The van der Waals surface area contributed by atoms with Gasteiger partial charge in [0.2, 0.25) is 5.91 Å². The lowest BCUT2D eigenvalue weighted by Crippen LogP contribution is -2.46. The van der Waals surface area contributed by atoms with Crippen LogP contribution < -0.4 is 0 Å². The van der Waals surface area contributed by atoms with Crippen molar-refractivity contribution in [1.29, 1.82) is 0 Å². The van der Waals surface area contributed by atoms with E-state index in [1.165, 1.54) is 7.11 Å². The fraction of sp³-hybridized carbons (Fsp3) is 0.889. The van der Waals surface area contributed by atoms with E-state index in [1.807, 2.05) is 27.7 Å². The van der Waals surface area contributed by atoms with Crippen LogP contribution in [0.25, 0.3) is 0 Å². The molecular weight excluding hydrogens is 154 g/mol. The highest BCUT2D eigenvalue weighted by Gasteiger charge is 2.23. The lowest BCUT2D eigenvalue weighted by molar-refractivity contribution is -0.139. The molecule has 0 aromatic heterocycles. The summed E-state index contributed by atoms with van der Waals surface area (Å²) in [5.74, 6) is 0.0486. The molecule has 0 bridgehead atoms. The second kappa shape index (κ2) is 4.45. The maximum absolute atomic E-state index is 11.4.